The second-order valence-electron chi connectivity index (χ2n) is 14.2. The van der Waals surface area contributed by atoms with E-state index in [1.165, 1.54) is 26.3 Å². The molecule has 0 saturated carbocycles. The SMILES string of the molecule is CCCCc1ccc(-c2ccc(C(=O)N[C@@H](CCN)C(=O)N[C@H](C(=O)N[C@@H](C)C(=O)N[C@@H](CCCCN)C(=O)N[C@@H](C)C(=O)C3OC3C)C(C)O)cc2)cc1. The van der Waals surface area contributed by atoms with Gasteiger partial charge in [-0.25, -0.2) is 0 Å². The minimum Gasteiger partial charge on any atom is -0.391 e. The molecule has 5 amide bonds. The number of unbranched alkanes of at least 4 members (excludes halogenated alkanes) is 2. The van der Waals surface area contributed by atoms with Gasteiger partial charge in [-0.05, 0) is 108 Å². The zero-order chi connectivity index (χ0) is 40.7. The summed E-state index contributed by atoms with van der Waals surface area (Å²) in [6.07, 6.45) is 2.44. The molecule has 55 heavy (non-hydrogen) atoms. The van der Waals surface area contributed by atoms with Gasteiger partial charge in [0.15, 0.2) is 5.78 Å². The molecule has 0 spiro atoms. The molecule has 1 saturated heterocycles. The predicted molar refractivity (Wildman–Crippen MR) is 208 cm³/mol. The Morgan fingerprint density at radius 1 is 0.691 bits per heavy atom. The second-order valence-corrected chi connectivity index (χ2v) is 14.2. The van der Waals surface area contributed by atoms with Crippen molar-refractivity contribution in [3.05, 3.63) is 59.7 Å². The summed E-state index contributed by atoms with van der Waals surface area (Å²) in [6.45, 7) is 8.53. The molecule has 1 heterocycles. The van der Waals surface area contributed by atoms with Crippen molar-refractivity contribution in [3.63, 3.8) is 0 Å². The summed E-state index contributed by atoms with van der Waals surface area (Å²) in [7, 11) is 0. The Bertz CT molecular complexity index is 1600. The number of nitrogens with one attached hydrogen (secondary N) is 5. The van der Waals surface area contributed by atoms with Gasteiger partial charge in [0.1, 0.15) is 30.3 Å². The van der Waals surface area contributed by atoms with Gasteiger partial charge in [0.25, 0.3) is 5.91 Å². The number of ketones is 1. The first-order chi connectivity index (χ1) is 26.2. The number of carbonyl (C=O) groups is 6. The van der Waals surface area contributed by atoms with Gasteiger partial charge in [-0.3, -0.25) is 28.8 Å². The number of hydrogen-bond acceptors (Lipinski definition) is 10. The zero-order valence-electron chi connectivity index (χ0n) is 32.6. The molecule has 8 atom stereocenters. The van der Waals surface area contributed by atoms with Gasteiger partial charge in [-0.15, -0.1) is 0 Å². The summed E-state index contributed by atoms with van der Waals surface area (Å²) < 4.78 is 5.21. The molecule has 0 radical (unpaired) electrons. The van der Waals surface area contributed by atoms with E-state index in [1.54, 1.807) is 19.1 Å². The van der Waals surface area contributed by atoms with Crippen LogP contribution < -0.4 is 38.1 Å². The third-order valence-corrected chi connectivity index (χ3v) is 9.50. The lowest BCUT2D eigenvalue weighted by molar-refractivity contribution is -0.135. The van der Waals surface area contributed by atoms with Crippen LogP contribution in [0.4, 0.5) is 0 Å². The van der Waals surface area contributed by atoms with Gasteiger partial charge in [-0.1, -0.05) is 49.7 Å². The van der Waals surface area contributed by atoms with Crippen molar-refractivity contribution in [2.24, 2.45) is 11.5 Å². The van der Waals surface area contributed by atoms with Gasteiger partial charge in [0, 0.05) is 5.56 Å². The Labute approximate surface area is 323 Å². The first kappa shape index (κ1) is 44.7. The molecule has 1 aliphatic rings. The average molecular weight is 766 g/mol. The third-order valence-electron chi connectivity index (χ3n) is 9.50. The summed E-state index contributed by atoms with van der Waals surface area (Å²) in [5, 5.41) is 23.3. The van der Waals surface area contributed by atoms with Crippen LogP contribution in [-0.2, 0) is 35.1 Å². The van der Waals surface area contributed by atoms with Crippen LogP contribution in [0.3, 0.4) is 0 Å². The highest BCUT2D eigenvalue weighted by Crippen LogP contribution is 2.23. The molecule has 3 unspecified atom stereocenters. The maximum Gasteiger partial charge on any atom is 0.251 e. The summed E-state index contributed by atoms with van der Waals surface area (Å²) in [6, 6.07) is 9.51. The summed E-state index contributed by atoms with van der Waals surface area (Å²) in [4.78, 5) is 78.7. The normalized spacial score (nSPS) is 18.0. The number of Topliss-reactive ketones (excluding diaryl/α,β-unsaturated/α-hetero) is 1. The van der Waals surface area contributed by atoms with Crippen molar-refractivity contribution >= 4 is 35.3 Å². The Morgan fingerprint density at radius 3 is 1.80 bits per heavy atom. The van der Waals surface area contributed by atoms with Crippen LogP contribution >= 0.6 is 0 Å². The number of carbonyl (C=O) groups excluding carboxylic acids is 6. The zero-order valence-corrected chi connectivity index (χ0v) is 32.6. The molecule has 15 nitrogen and oxygen atoms in total. The molecule has 0 aliphatic carbocycles. The Kier molecular flexibility index (Phi) is 17.9. The molecule has 10 N–H and O–H groups in total. The lowest BCUT2D eigenvalue weighted by Gasteiger charge is -2.26. The average Bonchev–Trinajstić information content (AvgIpc) is 3.90. The van der Waals surface area contributed by atoms with Gasteiger partial charge in [0.05, 0.1) is 18.2 Å². The quantitative estimate of drug-likeness (QED) is 0.0589. The highest BCUT2D eigenvalue weighted by molar-refractivity contribution is 5.99. The minimum atomic E-state index is -1.50. The van der Waals surface area contributed by atoms with E-state index in [4.69, 9.17) is 16.2 Å². The number of amides is 5. The van der Waals surface area contributed by atoms with Crippen molar-refractivity contribution in [3.8, 4) is 11.1 Å². The molecule has 15 heteroatoms. The molecule has 0 aromatic heterocycles. The standard InChI is InChI=1S/C40H59N7O8/c1-6-7-10-27-12-14-28(15-13-27)29-16-18-30(19-17-29)37(51)46-32(20-22-42)39(53)47-33(25(4)48)40(54)44-24(3)36(50)45-31(11-8-9-21-41)38(52)43-23(2)34(49)35-26(5)55-35/h12-19,23-26,31-33,35,48H,6-11,20-22,41-42H2,1-5H3,(H,43,52)(H,44,54)(H,45,50)(H,46,51)(H,47,53)/t23-,24-,25?,26?,31-,32-,33-,35?/m0/s1. The number of aryl methyl sites for hydroxylation is 1. The van der Waals surface area contributed by atoms with E-state index in [9.17, 15) is 33.9 Å². The predicted octanol–water partition coefficient (Wildman–Crippen LogP) is 0.989. The number of aliphatic hydroxyl groups is 1. The van der Waals surface area contributed by atoms with E-state index >= 15 is 0 Å². The number of benzene rings is 2. The maximum absolute atomic E-state index is 13.4. The summed E-state index contributed by atoms with van der Waals surface area (Å²) >= 11 is 0. The number of hydrogen-bond donors (Lipinski definition) is 8. The second kappa shape index (κ2) is 22.0. The molecule has 1 fully saturated rings. The first-order valence-corrected chi connectivity index (χ1v) is 19.2. The molecule has 2 aromatic carbocycles. The van der Waals surface area contributed by atoms with E-state index in [1.807, 2.05) is 24.3 Å². The monoisotopic (exact) mass is 765 g/mol. The summed E-state index contributed by atoms with van der Waals surface area (Å²) in [5.74, 6) is -3.73. The lowest BCUT2D eigenvalue weighted by Crippen LogP contribution is -2.60. The van der Waals surface area contributed by atoms with Gasteiger partial charge < -0.3 is 47.9 Å². The third kappa shape index (κ3) is 13.8. The van der Waals surface area contributed by atoms with Crippen LogP contribution in [-0.4, -0.2) is 102 Å². The topological polar surface area (TPSA) is 247 Å². The van der Waals surface area contributed by atoms with E-state index in [2.05, 4.69) is 45.6 Å². The Balaban J connectivity index is 1.60. The lowest BCUT2D eigenvalue weighted by atomic mass is 10.0. The minimum absolute atomic E-state index is 0.0365. The molecule has 2 aromatic rings. The van der Waals surface area contributed by atoms with Crippen molar-refractivity contribution in [1.29, 1.82) is 0 Å². The first-order valence-electron chi connectivity index (χ1n) is 19.2. The van der Waals surface area contributed by atoms with Crippen LogP contribution in [0.25, 0.3) is 11.1 Å². The van der Waals surface area contributed by atoms with Gasteiger partial charge >= 0.3 is 0 Å². The van der Waals surface area contributed by atoms with Crippen LogP contribution in [0.5, 0.6) is 0 Å². The van der Waals surface area contributed by atoms with Crippen LogP contribution in [0, 0.1) is 0 Å². The van der Waals surface area contributed by atoms with Crippen molar-refractivity contribution in [2.75, 3.05) is 13.1 Å². The molecule has 1 aliphatic heterocycles. The van der Waals surface area contributed by atoms with Gasteiger partial charge in [0.2, 0.25) is 23.6 Å². The Hall–Kier alpha value is -4.70. The number of rotatable bonds is 23. The van der Waals surface area contributed by atoms with Gasteiger partial charge in [-0.2, -0.15) is 0 Å². The van der Waals surface area contributed by atoms with Crippen LogP contribution in [0.15, 0.2) is 48.5 Å². The highest BCUT2D eigenvalue weighted by Gasteiger charge is 2.43. The van der Waals surface area contributed by atoms with Crippen LogP contribution in [0.1, 0.15) is 89.1 Å². The molecular weight excluding hydrogens is 706 g/mol. The maximum atomic E-state index is 13.4. The number of nitrogens with two attached hydrogens (primary N) is 2. The molecule has 0 bridgehead atoms. The fourth-order valence-corrected chi connectivity index (χ4v) is 5.94. The number of aliphatic hydroxyl groups excluding tert-OH is 1. The van der Waals surface area contributed by atoms with E-state index in [0.717, 1.165) is 30.4 Å². The van der Waals surface area contributed by atoms with E-state index in [-0.39, 0.29) is 31.3 Å². The van der Waals surface area contributed by atoms with E-state index in [0.29, 0.717) is 24.9 Å². The molecule has 3 rings (SSSR count). The number of epoxide rings is 1. The van der Waals surface area contributed by atoms with Crippen molar-refractivity contribution in [2.45, 2.75) is 128 Å². The van der Waals surface area contributed by atoms with Crippen molar-refractivity contribution < 1.29 is 38.6 Å². The molecular formula is C40H59N7O8. The smallest absolute Gasteiger partial charge is 0.251 e. The fourth-order valence-electron chi connectivity index (χ4n) is 5.94. The van der Waals surface area contributed by atoms with Crippen LogP contribution in [0.2, 0.25) is 0 Å². The van der Waals surface area contributed by atoms with Crippen molar-refractivity contribution in [1.82, 2.24) is 26.6 Å². The Morgan fingerprint density at radius 2 is 1.25 bits per heavy atom. The number of ether oxygens (including phenoxy) is 1. The summed E-state index contributed by atoms with van der Waals surface area (Å²) in [5.41, 5.74) is 14.9. The fraction of sp³-hybridized carbons (Fsp3) is 0.550. The van der Waals surface area contributed by atoms with E-state index < -0.39 is 72.0 Å². The largest absolute Gasteiger partial charge is 0.391 e. The molecule has 302 valence electrons. The highest BCUT2D eigenvalue weighted by atomic mass is 16.6.